The van der Waals surface area contributed by atoms with Crippen LogP contribution in [0, 0.1) is 6.92 Å². The standard InChI is InChI=1S/C20H18N2O3/c1-15-5-9-17(10-6-15)25-18-11-7-16(8-12-18)21-19(23)14-22-13-3-2-4-20(22)24/h2-13H,14H2,1H3,(H,21,23). The predicted octanol–water partition coefficient (Wildman–Crippen LogP) is 3.59. The van der Waals surface area contributed by atoms with Gasteiger partial charge in [-0.2, -0.15) is 0 Å². The van der Waals surface area contributed by atoms with Gasteiger partial charge in [-0.3, -0.25) is 9.59 Å². The van der Waals surface area contributed by atoms with E-state index in [0.717, 1.165) is 5.75 Å². The summed E-state index contributed by atoms with van der Waals surface area (Å²) in [5.41, 5.74) is 1.60. The van der Waals surface area contributed by atoms with E-state index in [1.54, 1.807) is 42.6 Å². The van der Waals surface area contributed by atoms with Gasteiger partial charge in [0.1, 0.15) is 18.0 Å². The van der Waals surface area contributed by atoms with Gasteiger partial charge in [-0.25, -0.2) is 0 Å². The summed E-state index contributed by atoms with van der Waals surface area (Å²) in [5, 5.41) is 2.76. The van der Waals surface area contributed by atoms with Crippen molar-refractivity contribution in [2.45, 2.75) is 13.5 Å². The summed E-state index contributed by atoms with van der Waals surface area (Å²) in [6.45, 7) is 1.99. The van der Waals surface area contributed by atoms with Gasteiger partial charge in [-0.05, 0) is 49.4 Å². The van der Waals surface area contributed by atoms with Crippen molar-refractivity contribution in [3.05, 3.63) is 88.8 Å². The molecule has 1 N–H and O–H groups in total. The number of hydrogen-bond donors (Lipinski definition) is 1. The van der Waals surface area contributed by atoms with Gasteiger partial charge < -0.3 is 14.6 Å². The number of pyridine rings is 1. The molecule has 0 bridgehead atoms. The molecular weight excluding hydrogens is 316 g/mol. The van der Waals surface area contributed by atoms with Crippen LogP contribution in [0.25, 0.3) is 0 Å². The first-order valence-electron chi connectivity index (χ1n) is 7.90. The monoisotopic (exact) mass is 334 g/mol. The third-order valence-electron chi connectivity index (χ3n) is 3.61. The van der Waals surface area contributed by atoms with Gasteiger partial charge in [-0.1, -0.05) is 23.8 Å². The number of carbonyl (C=O) groups is 1. The molecule has 0 saturated carbocycles. The molecule has 1 amide bonds. The summed E-state index contributed by atoms with van der Waals surface area (Å²) < 4.78 is 7.10. The van der Waals surface area contributed by atoms with Crippen molar-refractivity contribution in [3.63, 3.8) is 0 Å². The molecule has 0 saturated heterocycles. The lowest BCUT2D eigenvalue weighted by Gasteiger charge is -2.09. The van der Waals surface area contributed by atoms with E-state index < -0.39 is 0 Å². The minimum absolute atomic E-state index is 0.0265. The largest absolute Gasteiger partial charge is 0.457 e. The summed E-state index contributed by atoms with van der Waals surface area (Å²) in [6, 6.07) is 19.6. The Morgan fingerprint density at radius 3 is 2.24 bits per heavy atom. The first-order chi connectivity index (χ1) is 12.1. The minimum Gasteiger partial charge on any atom is -0.457 e. The highest BCUT2D eigenvalue weighted by atomic mass is 16.5. The first kappa shape index (κ1) is 16.5. The summed E-state index contributed by atoms with van der Waals surface area (Å²) >= 11 is 0. The Balaban J connectivity index is 1.60. The van der Waals surface area contributed by atoms with Crippen LogP contribution in [0.2, 0.25) is 0 Å². The van der Waals surface area contributed by atoms with E-state index >= 15 is 0 Å². The normalized spacial score (nSPS) is 10.3. The number of carbonyl (C=O) groups excluding carboxylic acids is 1. The lowest BCUT2D eigenvalue weighted by Crippen LogP contribution is -2.26. The molecule has 3 aromatic rings. The van der Waals surface area contributed by atoms with Crippen molar-refractivity contribution in [3.8, 4) is 11.5 Å². The lowest BCUT2D eigenvalue weighted by molar-refractivity contribution is -0.116. The fourth-order valence-electron chi connectivity index (χ4n) is 2.30. The second-order valence-corrected chi connectivity index (χ2v) is 5.65. The van der Waals surface area contributed by atoms with Gasteiger partial charge >= 0.3 is 0 Å². The average Bonchev–Trinajstić information content (AvgIpc) is 2.61. The Morgan fingerprint density at radius 1 is 0.960 bits per heavy atom. The Hall–Kier alpha value is -3.34. The number of nitrogens with one attached hydrogen (secondary N) is 1. The maximum atomic E-state index is 12.0. The molecule has 0 unspecified atom stereocenters. The molecular formula is C20H18N2O3. The molecule has 1 aromatic heterocycles. The van der Waals surface area contributed by atoms with E-state index in [4.69, 9.17) is 4.74 Å². The number of anilines is 1. The molecule has 1 heterocycles. The van der Waals surface area contributed by atoms with E-state index in [-0.39, 0.29) is 18.0 Å². The molecule has 3 rings (SSSR count). The number of nitrogens with zero attached hydrogens (tertiary/aromatic N) is 1. The fraction of sp³-hybridized carbons (Fsp3) is 0.100. The van der Waals surface area contributed by atoms with Gasteiger partial charge in [0.15, 0.2) is 0 Å². The van der Waals surface area contributed by atoms with E-state index in [1.807, 2.05) is 31.2 Å². The van der Waals surface area contributed by atoms with Crippen LogP contribution in [0.4, 0.5) is 5.69 Å². The number of benzene rings is 2. The van der Waals surface area contributed by atoms with Crippen molar-refractivity contribution in [1.29, 1.82) is 0 Å². The molecule has 2 aromatic carbocycles. The predicted molar refractivity (Wildman–Crippen MR) is 97.0 cm³/mol. The summed E-state index contributed by atoms with van der Waals surface area (Å²) in [5.74, 6) is 1.17. The molecule has 25 heavy (non-hydrogen) atoms. The Kier molecular flexibility index (Phi) is 4.95. The van der Waals surface area contributed by atoms with Gasteiger partial charge in [0, 0.05) is 18.0 Å². The Labute approximate surface area is 145 Å². The van der Waals surface area contributed by atoms with Gasteiger partial charge in [0.25, 0.3) is 5.56 Å². The van der Waals surface area contributed by atoms with E-state index in [2.05, 4.69) is 5.32 Å². The minimum atomic E-state index is -0.263. The summed E-state index contributed by atoms with van der Waals surface area (Å²) in [7, 11) is 0. The van der Waals surface area contributed by atoms with Crippen molar-refractivity contribution >= 4 is 11.6 Å². The number of hydrogen-bond acceptors (Lipinski definition) is 3. The third-order valence-corrected chi connectivity index (χ3v) is 3.61. The van der Waals surface area contributed by atoms with Crippen molar-refractivity contribution in [1.82, 2.24) is 4.57 Å². The van der Waals surface area contributed by atoms with Crippen LogP contribution in [0.3, 0.4) is 0 Å². The molecule has 0 radical (unpaired) electrons. The molecule has 0 aliphatic carbocycles. The highest BCUT2D eigenvalue weighted by Gasteiger charge is 2.05. The molecule has 126 valence electrons. The SMILES string of the molecule is Cc1ccc(Oc2ccc(NC(=O)Cn3ccccc3=O)cc2)cc1. The van der Waals surface area contributed by atoms with E-state index in [9.17, 15) is 9.59 Å². The van der Waals surface area contributed by atoms with Crippen LogP contribution in [-0.4, -0.2) is 10.5 Å². The average molecular weight is 334 g/mol. The fourth-order valence-corrected chi connectivity index (χ4v) is 2.30. The maximum absolute atomic E-state index is 12.0. The van der Waals surface area contributed by atoms with Crippen LogP contribution in [0.5, 0.6) is 11.5 Å². The second kappa shape index (κ2) is 7.49. The van der Waals surface area contributed by atoms with Crippen LogP contribution in [0.15, 0.2) is 77.7 Å². The molecule has 0 spiro atoms. The van der Waals surface area contributed by atoms with E-state index in [0.29, 0.717) is 11.4 Å². The number of rotatable bonds is 5. The summed E-state index contributed by atoms with van der Waals surface area (Å²) in [6.07, 6.45) is 1.58. The zero-order chi connectivity index (χ0) is 17.6. The first-order valence-corrected chi connectivity index (χ1v) is 7.90. The highest BCUT2D eigenvalue weighted by molar-refractivity contribution is 5.90. The van der Waals surface area contributed by atoms with Crippen LogP contribution in [-0.2, 0) is 11.3 Å². The third kappa shape index (κ3) is 4.57. The topological polar surface area (TPSA) is 60.3 Å². The van der Waals surface area contributed by atoms with Gasteiger partial charge in [-0.15, -0.1) is 0 Å². The van der Waals surface area contributed by atoms with Gasteiger partial charge in [0.05, 0.1) is 0 Å². The van der Waals surface area contributed by atoms with Crippen LogP contribution < -0.4 is 15.6 Å². The Bertz CT molecular complexity index is 913. The molecule has 5 nitrogen and oxygen atoms in total. The lowest BCUT2D eigenvalue weighted by atomic mass is 10.2. The van der Waals surface area contributed by atoms with Crippen molar-refractivity contribution in [2.75, 3.05) is 5.32 Å². The zero-order valence-electron chi connectivity index (χ0n) is 13.8. The van der Waals surface area contributed by atoms with Crippen molar-refractivity contribution in [2.24, 2.45) is 0 Å². The molecule has 0 aliphatic rings. The number of ether oxygens (including phenoxy) is 1. The maximum Gasteiger partial charge on any atom is 0.250 e. The Morgan fingerprint density at radius 2 is 1.60 bits per heavy atom. The summed E-state index contributed by atoms with van der Waals surface area (Å²) in [4.78, 5) is 23.7. The zero-order valence-corrected chi connectivity index (χ0v) is 13.8. The quantitative estimate of drug-likeness (QED) is 0.776. The molecule has 5 heteroatoms. The van der Waals surface area contributed by atoms with Gasteiger partial charge in [0.2, 0.25) is 5.91 Å². The molecule has 0 fully saturated rings. The van der Waals surface area contributed by atoms with Crippen LogP contribution >= 0.6 is 0 Å². The van der Waals surface area contributed by atoms with E-state index in [1.165, 1.54) is 16.2 Å². The highest BCUT2D eigenvalue weighted by Crippen LogP contribution is 2.23. The number of aryl methyl sites for hydroxylation is 1. The van der Waals surface area contributed by atoms with Crippen molar-refractivity contribution < 1.29 is 9.53 Å². The second-order valence-electron chi connectivity index (χ2n) is 5.65. The number of aromatic nitrogens is 1. The van der Waals surface area contributed by atoms with Crippen LogP contribution in [0.1, 0.15) is 5.56 Å². The molecule has 0 aliphatic heterocycles. The molecule has 0 atom stereocenters. The number of amides is 1. The smallest absolute Gasteiger partial charge is 0.250 e.